The molecule has 0 saturated carbocycles. The lowest BCUT2D eigenvalue weighted by Crippen LogP contribution is -2.19. The third kappa shape index (κ3) is 2.07. The molecule has 1 rings (SSSR count). The lowest BCUT2D eigenvalue weighted by Gasteiger charge is -2.06. The van der Waals surface area contributed by atoms with Crippen molar-refractivity contribution >= 4 is 18.0 Å². The van der Waals surface area contributed by atoms with Crippen molar-refractivity contribution in [1.29, 1.82) is 0 Å². The van der Waals surface area contributed by atoms with Crippen LogP contribution in [0, 0.1) is 5.82 Å². The summed E-state index contributed by atoms with van der Waals surface area (Å²) in [7, 11) is 1.43. The second-order valence-corrected chi connectivity index (χ2v) is 2.53. The molecule has 5 heteroatoms. The van der Waals surface area contributed by atoms with Gasteiger partial charge in [-0.3, -0.25) is 9.59 Å². The summed E-state index contributed by atoms with van der Waals surface area (Å²) in [6.45, 7) is 0. The normalized spacial score (nSPS) is 9.29. The molecule has 0 fully saturated rings. The molecule has 1 aromatic rings. The van der Waals surface area contributed by atoms with Gasteiger partial charge in [-0.15, -0.1) is 0 Å². The van der Waals surface area contributed by atoms with Gasteiger partial charge in [-0.05, 0) is 18.2 Å². The number of rotatable bonds is 3. The first-order valence-electron chi connectivity index (χ1n) is 3.91. The second kappa shape index (κ2) is 4.36. The van der Waals surface area contributed by atoms with Crippen molar-refractivity contribution < 1.29 is 14.0 Å². The van der Waals surface area contributed by atoms with E-state index in [0.29, 0.717) is 6.41 Å². The van der Waals surface area contributed by atoms with Gasteiger partial charge in [0.05, 0.1) is 11.3 Å². The van der Waals surface area contributed by atoms with Crippen molar-refractivity contribution in [3.05, 3.63) is 29.6 Å². The summed E-state index contributed by atoms with van der Waals surface area (Å²) in [5, 5.41) is 4.66. The third-order valence-electron chi connectivity index (χ3n) is 1.67. The van der Waals surface area contributed by atoms with Crippen LogP contribution in [0.1, 0.15) is 10.4 Å². The number of halogens is 1. The Morgan fingerprint density at radius 1 is 1.50 bits per heavy atom. The molecular weight excluding hydrogens is 187 g/mol. The van der Waals surface area contributed by atoms with E-state index in [0.717, 1.165) is 12.1 Å². The summed E-state index contributed by atoms with van der Waals surface area (Å²) in [6, 6.07) is 3.55. The molecule has 0 unspecified atom stereocenters. The van der Waals surface area contributed by atoms with Gasteiger partial charge >= 0.3 is 0 Å². The fraction of sp³-hybridized carbons (Fsp3) is 0.111. The molecule has 14 heavy (non-hydrogen) atoms. The Labute approximate surface area is 80.1 Å². The Hall–Kier alpha value is -1.91. The average Bonchev–Trinajstić information content (AvgIpc) is 2.20. The van der Waals surface area contributed by atoms with Crippen molar-refractivity contribution in [1.82, 2.24) is 5.32 Å². The molecule has 0 atom stereocenters. The van der Waals surface area contributed by atoms with Crippen molar-refractivity contribution in [2.24, 2.45) is 0 Å². The predicted molar refractivity (Wildman–Crippen MR) is 49.5 cm³/mol. The molecule has 2 amide bonds. The number of carbonyl (C=O) groups is 2. The monoisotopic (exact) mass is 196 g/mol. The first-order chi connectivity index (χ1) is 6.69. The number of hydrogen-bond acceptors (Lipinski definition) is 2. The fourth-order valence-electron chi connectivity index (χ4n) is 1.03. The van der Waals surface area contributed by atoms with Crippen LogP contribution in [0.15, 0.2) is 18.2 Å². The van der Waals surface area contributed by atoms with Crippen molar-refractivity contribution in [2.75, 3.05) is 12.4 Å². The zero-order valence-corrected chi connectivity index (χ0v) is 7.50. The molecule has 4 nitrogen and oxygen atoms in total. The average molecular weight is 196 g/mol. The molecule has 0 aliphatic carbocycles. The minimum absolute atomic E-state index is 0.0969. The van der Waals surface area contributed by atoms with Gasteiger partial charge in [0, 0.05) is 7.05 Å². The van der Waals surface area contributed by atoms with Crippen LogP contribution in [0.3, 0.4) is 0 Å². The van der Waals surface area contributed by atoms with E-state index >= 15 is 0 Å². The van der Waals surface area contributed by atoms with E-state index in [2.05, 4.69) is 10.6 Å². The summed E-state index contributed by atoms with van der Waals surface area (Å²) >= 11 is 0. The molecule has 74 valence electrons. The number of nitrogens with one attached hydrogen (secondary N) is 2. The standard InChI is InChI=1S/C9H9FN2O2/c1-11-9(14)7-4-6(10)2-3-8(7)12-5-13/h2-5H,1H3,(H,11,14)(H,12,13). The first kappa shape index (κ1) is 10.2. The second-order valence-electron chi connectivity index (χ2n) is 2.53. The van der Waals surface area contributed by atoms with Crippen LogP contribution in [0.25, 0.3) is 0 Å². The maximum absolute atomic E-state index is 12.8. The molecule has 0 spiro atoms. The van der Waals surface area contributed by atoms with Gasteiger partial charge in [-0.2, -0.15) is 0 Å². The Kier molecular flexibility index (Phi) is 3.17. The molecule has 0 aliphatic rings. The van der Waals surface area contributed by atoms with E-state index in [4.69, 9.17) is 0 Å². The van der Waals surface area contributed by atoms with E-state index < -0.39 is 11.7 Å². The summed E-state index contributed by atoms with van der Waals surface area (Å²) in [6.07, 6.45) is 0.430. The van der Waals surface area contributed by atoms with Crippen LogP contribution in [-0.4, -0.2) is 19.4 Å². The fourth-order valence-corrected chi connectivity index (χ4v) is 1.03. The quantitative estimate of drug-likeness (QED) is 0.701. The molecule has 0 radical (unpaired) electrons. The number of benzene rings is 1. The van der Waals surface area contributed by atoms with Crippen LogP contribution < -0.4 is 10.6 Å². The number of anilines is 1. The molecule has 2 N–H and O–H groups in total. The minimum atomic E-state index is -0.528. The zero-order valence-electron chi connectivity index (χ0n) is 7.50. The topological polar surface area (TPSA) is 58.2 Å². The van der Waals surface area contributed by atoms with E-state index in [1.165, 1.54) is 13.1 Å². The highest BCUT2D eigenvalue weighted by molar-refractivity contribution is 6.01. The smallest absolute Gasteiger partial charge is 0.253 e. The van der Waals surface area contributed by atoms with Crippen LogP contribution in [-0.2, 0) is 4.79 Å². The number of hydrogen-bond donors (Lipinski definition) is 2. The van der Waals surface area contributed by atoms with Crippen LogP contribution >= 0.6 is 0 Å². The maximum atomic E-state index is 12.8. The van der Waals surface area contributed by atoms with Gasteiger partial charge < -0.3 is 10.6 Å². The highest BCUT2D eigenvalue weighted by Gasteiger charge is 2.10. The predicted octanol–water partition coefficient (Wildman–Crippen LogP) is 0.754. The zero-order chi connectivity index (χ0) is 10.6. The van der Waals surface area contributed by atoms with Gasteiger partial charge in [0.15, 0.2) is 0 Å². The molecule has 0 heterocycles. The largest absolute Gasteiger partial charge is 0.355 e. The third-order valence-corrected chi connectivity index (χ3v) is 1.67. The van der Waals surface area contributed by atoms with Gasteiger partial charge in [0.1, 0.15) is 5.82 Å². The number of carbonyl (C=O) groups excluding carboxylic acids is 2. The minimum Gasteiger partial charge on any atom is -0.355 e. The molecule has 0 saturated heterocycles. The molecular formula is C9H9FN2O2. The van der Waals surface area contributed by atoms with Gasteiger partial charge in [0.2, 0.25) is 6.41 Å². The van der Waals surface area contributed by atoms with Crippen LogP contribution in [0.5, 0.6) is 0 Å². The van der Waals surface area contributed by atoms with Crippen molar-refractivity contribution in [2.45, 2.75) is 0 Å². The summed E-state index contributed by atoms with van der Waals surface area (Å²) in [4.78, 5) is 21.4. The van der Waals surface area contributed by atoms with Crippen molar-refractivity contribution in [3.8, 4) is 0 Å². The summed E-state index contributed by atoms with van der Waals surface area (Å²) < 4.78 is 12.8. The number of amides is 2. The highest BCUT2D eigenvalue weighted by atomic mass is 19.1. The Balaban J connectivity index is 3.14. The molecule has 0 bridgehead atoms. The van der Waals surface area contributed by atoms with Gasteiger partial charge in [-0.1, -0.05) is 0 Å². The van der Waals surface area contributed by atoms with E-state index in [1.54, 1.807) is 0 Å². The van der Waals surface area contributed by atoms with Gasteiger partial charge in [0.25, 0.3) is 5.91 Å². The SMILES string of the molecule is CNC(=O)c1cc(F)ccc1NC=O. The van der Waals surface area contributed by atoms with Crippen molar-refractivity contribution in [3.63, 3.8) is 0 Å². The Morgan fingerprint density at radius 3 is 2.79 bits per heavy atom. The lowest BCUT2D eigenvalue weighted by atomic mass is 10.1. The summed E-state index contributed by atoms with van der Waals surface area (Å²) in [5.41, 5.74) is 0.375. The van der Waals surface area contributed by atoms with E-state index in [-0.39, 0.29) is 11.3 Å². The van der Waals surface area contributed by atoms with Crippen LogP contribution in [0.2, 0.25) is 0 Å². The molecule has 0 aromatic heterocycles. The highest BCUT2D eigenvalue weighted by Crippen LogP contribution is 2.15. The first-order valence-corrected chi connectivity index (χ1v) is 3.91. The lowest BCUT2D eigenvalue weighted by molar-refractivity contribution is -0.105. The maximum Gasteiger partial charge on any atom is 0.253 e. The van der Waals surface area contributed by atoms with E-state index in [1.807, 2.05) is 0 Å². The molecule has 0 aliphatic heterocycles. The Bertz CT molecular complexity index is 366. The Morgan fingerprint density at radius 2 is 2.21 bits per heavy atom. The van der Waals surface area contributed by atoms with Crippen LogP contribution in [0.4, 0.5) is 10.1 Å². The van der Waals surface area contributed by atoms with Gasteiger partial charge in [-0.25, -0.2) is 4.39 Å². The van der Waals surface area contributed by atoms with E-state index in [9.17, 15) is 14.0 Å². The molecule has 1 aromatic carbocycles. The summed E-state index contributed by atoms with van der Waals surface area (Å²) in [5.74, 6) is -0.978.